The molecule has 1 amide bonds. The van der Waals surface area contributed by atoms with Gasteiger partial charge < -0.3 is 9.32 Å². The third-order valence-corrected chi connectivity index (χ3v) is 3.25. The first kappa shape index (κ1) is 13.7. The number of nitrogens with zero attached hydrogens (tertiary/aromatic N) is 1. The van der Waals surface area contributed by atoms with Crippen LogP contribution in [0.25, 0.3) is 0 Å². The largest absolute Gasteiger partial charge is 0.467 e. The summed E-state index contributed by atoms with van der Waals surface area (Å²) in [6.45, 7) is 4.36. The lowest BCUT2D eigenvalue weighted by atomic mass is 10.1. The molecule has 0 atom stereocenters. The monoisotopic (exact) mass is 277 g/mol. The molecule has 0 unspecified atom stereocenters. The molecule has 0 bridgehead atoms. The van der Waals surface area contributed by atoms with Crippen LogP contribution in [-0.2, 0) is 11.3 Å². The molecule has 0 radical (unpaired) electrons. The number of amides is 1. The first-order chi connectivity index (χ1) is 9.13. The minimum absolute atomic E-state index is 0.0471. The summed E-state index contributed by atoms with van der Waals surface area (Å²) in [4.78, 5) is 13.8. The quantitative estimate of drug-likeness (QED) is 0.799. The van der Waals surface area contributed by atoms with Crippen LogP contribution in [-0.4, -0.2) is 11.8 Å². The minimum Gasteiger partial charge on any atom is -0.467 e. The van der Waals surface area contributed by atoms with Crippen molar-refractivity contribution in [2.75, 3.05) is 10.8 Å². The summed E-state index contributed by atoms with van der Waals surface area (Å²) in [7, 11) is 0. The third kappa shape index (κ3) is 2.99. The number of para-hydroxylation sites is 1. The SMILES string of the molecule is Cc1cccc(C)c1N(Cc1ccco1)C(=O)CCl. The molecule has 2 rings (SSSR count). The molecule has 0 aliphatic heterocycles. The van der Waals surface area contributed by atoms with Crippen LogP contribution >= 0.6 is 11.6 Å². The molecule has 0 spiro atoms. The number of hydrogen-bond donors (Lipinski definition) is 0. The van der Waals surface area contributed by atoms with E-state index in [1.807, 2.05) is 44.2 Å². The van der Waals surface area contributed by atoms with Crippen LogP contribution in [0.4, 0.5) is 5.69 Å². The summed E-state index contributed by atoms with van der Waals surface area (Å²) in [5.74, 6) is 0.561. The lowest BCUT2D eigenvalue weighted by Gasteiger charge is -2.24. The van der Waals surface area contributed by atoms with Gasteiger partial charge in [0.15, 0.2) is 0 Å². The standard InChI is InChI=1S/C15H16ClNO2/c1-11-5-3-6-12(2)15(11)17(14(18)9-16)10-13-7-4-8-19-13/h3-8H,9-10H2,1-2H3. The number of hydrogen-bond acceptors (Lipinski definition) is 2. The van der Waals surface area contributed by atoms with Crippen LogP contribution in [0.3, 0.4) is 0 Å². The van der Waals surface area contributed by atoms with Gasteiger partial charge in [-0.1, -0.05) is 18.2 Å². The van der Waals surface area contributed by atoms with Crippen LogP contribution in [0.1, 0.15) is 16.9 Å². The predicted molar refractivity (Wildman–Crippen MR) is 76.5 cm³/mol. The van der Waals surface area contributed by atoms with Crippen LogP contribution in [0.2, 0.25) is 0 Å². The van der Waals surface area contributed by atoms with Gasteiger partial charge in [0.05, 0.1) is 12.8 Å². The lowest BCUT2D eigenvalue weighted by Crippen LogP contribution is -2.32. The van der Waals surface area contributed by atoms with E-state index >= 15 is 0 Å². The Balaban J connectivity index is 2.40. The smallest absolute Gasteiger partial charge is 0.242 e. The highest BCUT2D eigenvalue weighted by Gasteiger charge is 2.19. The molecule has 0 saturated heterocycles. The summed E-state index contributed by atoms with van der Waals surface area (Å²) in [5, 5.41) is 0. The molecule has 3 nitrogen and oxygen atoms in total. The van der Waals surface area contributed by atoms with Crippen molar-refractivity contribution in [2.45, 2.75) is 20.4 Å². The number of halogens is 1. The van der Waals surface area contributed by atoms with Crippen molar-refractivity contribution in [2.24, 2.45) is 0 Å². The van der Waals surface area contributed by atoms with Gasteiger partial charge in [-0.3, -0.25) is 4.79 Å². The molecule has 19 heavy (non-hydrogen) atoms. The highest BCUT2D eigenvalue weighted by molar-refractivity contribution is 6.29. The van der Waals surface area contributed by atoms with Gasteiger partial charge in [-0.25, -0.2) is 0 Å². The second kappa shape index (κ2) is 5.93. The first-order valence-electron chi connectivity index (χ1n) is 6.08. The van der Waals surface area contributed by atoms with Gasteiger partial charge in [-0.2, -0.15) is 0 Å². The average Bonchev–Trinajstić information content (AvgIpc) is 2.89. The van der Waals surface area contributed by atoms with E-state index in [1.165, 1.54) is 0 Å². The lowest BCUT2D eigenvalue weighted by molar-refractivity contribution is -0.116. The Bertz CT molecular complexity index is 543. The second-order valence-electron chi connectivity index (χ2n) is 4.43. The van der Waals surface area contributed by atoms with Gasteiger partial charge in [0.1, 0.15) is 11.6 Å². The van der Waals surface area contributed by atoms with Crippen molar-refractivity contribution < 1.29 is 9.21 Å². The van der Waals surface area contributed by atoms with E-state index < -0.39 is 0 Å². The second-order valence-corrected chi connectivity index (χ2v) is 4.70. The number of carbonyl (C=O) groups is 1. The summed E-state index contributed by atoms with van der Waals surface area (Å²) in [6.07, 6.45) is 1.60. The Kier molecular flexibility index (Phi) is 4.27. The van der Waals surface area contributed by atoms with E-state index in [9.17, 15) is 4.79 Å². The highest BCUT2D eigenvalue weighted by Crippen LogP contribution is 2.26. The van der Waals surface area contributed by atoms with Crippen molar-refractivity contribution in [1.29, 1.82) is 0 Å². The summed E-state index contributed by atoms with van der Waals surface area (Å²) >= 11 is 5.72. The maximum Gasteiger partial charge on any atom is 0.242 e. The maximum atomic E-state index is 12.1. The number of aryl methyl sites for hydroxylation is 2. The molecule has 4 heteroatoms. The van der Waals surface area contributed by atoms with Crippen molar-refractivity contribution in [3.05, 3.63) is 53.5 Å². The summed E-state index contributed by atoms with van der Waals surface area (Å²) in [6, 6.07) is 9.61. The number of furan rings is 1. The van der Waals surface area contributed by atoms with E-state index in [4.69, 9.17) is 16.0 Å². The van der Waals surface area contributed by atoms with Gasteiger partial charge in [0.25, 0.3) is 0 Å². The molecule has 0 aliphatic rings. The zero-order chi connectivity index (χ0) is 13.8. The van der Waals surface area contributed by atoms with Crippen molar-refractivity contribution in [1.82, 2.24) is 0 Å². The van der Waals surface area contributed by atoms with Crippen LogP contribution in [0.15, 0.2) is 41.0 Å². The Morgan fingerprint density at radius 1 is 1.21 bits per heavy atom. The zero-order valence-electron chi connectivity index (χ0n) is 11.0. The summed E-state index contributed by atoms with van der Waals surface area (Å²) in [5.41, 5.74) is 3.00. The van der Waals surface area contributed by atoms with E-state index in [0.29, 0.717) is 6.54 Å². The van der Waals surface area contributed by atoms with Crippen molar-refractivity contribution in [3.8, 4) is 0 Å². The van der Waals surface area contributed by atoms with E-state index in [2.05, 4.69) is 0 Å². The first-order valence-corrected chi connectivity index (χ1v) is 6.62. The van der Waals surface area contributed by atoms with Gasteiger partial charge in [-0.05, 0) is 37.1 Å². The van der Waals surface area contributed by atoms with Gasteiger partial charge >= 0.3 is 0 Å². The molecule has 0 fully saturated rings. The van der Waals surface area contributed by atoms with Gasteiger partial charge in [0, 0.05) is 5.69 Å². The minimum atomic E-state index is -0.129. The number of alkyl halides is 1. The number of rotatable bonds is 4. The summed E-state index contributed by atoms with van der Waals surface area (Å²) < 4.78 is 5.32. The molecule has 100 valence electrons. The van der Waals surface area contributed by atoms with E-state index in [0.717, 1.165) is 22.6 Å². The van der Waals surface area contributed by atoms with E-state index in [-0.39, 0.29) is 11.8 Å². The van der Waals surface area contributed by atoms with Crippen LogP contribution < -0.4 is 4.90 Å². The molecule has 0 saturated carbocycles. The van der Waals surface area contributed by atoms with Crippen LogP contribution in [0.5, 0.6) is 0 Å². The predicted octanol–water partition coefficient (Wildman–Crippen LogP) is 3.67. The van der Waals surface area contributed by atoms with Gasteiger partial charge in [-0.15, -0.1) is 11.6 Å². The number of anilines is 1. The fraction of sp³-hybridized carbons (Fsp3) is 0.267. The normalized spacial score (nSPS) is 10.5. The molecular weight excluding hydrogens is 262 g/mol. The average molecular weight is 278 g/mol. The molecule has 1 aromatic heterocycles. The molecule has 2 aromatic rings. The Morgan fingerprint density at radius 2 is 1.89 bits per heavy atom. The Labute approximate surface area is 117 Å². The zero-order valence-corrected chi connectivity index (χ0v) is 11.8. The van der Waals surface area contributed by atoms with Gasteiger partial charge in [0.2, 0.25) is 5.91 Å². The van der Waals surface area contributed by atoms with Crippen molar-refractivity contribution >= 4 is 23.2 Å². The maximum absolute atomic E-state index is 12.1. The Morgan fingerprint density at radius 3 is 2.42 bits per heavy atom. The molecule has 0 N–H and O–H groups in total. The molecule has 1 heterocycles. The van der Waals surface area contributed by atoms with Crippen molar-refractivity contribution in [3.63, 3.8) is 0 Å². The third-order valence-electron chi connectivity index (χ3n) is 3.02. The highest BCUT2D eigenvalue weighted by atomic mass is 35.5. The molecular formula is C15H16ClNO2. The fourth-order valence-corrected chi connectivity index (χ4v) is 2.30. The topological polar surface area (TPSA) is 33.5 Å². The molecule has 0 aliphatic carbocycles. The Hall–Kier alpha value is -1.74. The number of benzene rings is 1. The fourth-order valence-electron chi connectivity index (χ4n) is 2.15. The number of carbonyl (C=O) groups excluding carboxylic acids is 1. The van der Waals surface area contributed by atoms with E-state index in [1.54, 1.807) is 11.2 Å². The van der Waals surface area contributed by atoms with Crippen LogP contribution in [0, 0.1) is 13.8 Å². The molecule has 1 aromatic carbocycles.